The Labute approximate surface area is 149 Å². The van der Waals surface area contributed by atoms with Crippen LogP contribution in [0, 0.1) is 5.82 Å². The highest BCUT2D eigenvalue weighted by molar-refractivity contribution is 9.10. The summed E-state index contributed by atoms with van der Waals surface area (Å²) in [5, 5.41) is 10.8. The van der Waals surface area contributed by atoms with Gasteiger partial charge in [0.25, 0.3) is 11.8 Å². The summed E-state index contributed by atoms with van der Waals surface area (Å²) in [6, 6.07) is 10.4. The molecule has 0 spiro atoms. The average Bonchev–Trinajstić information content (AvgIpc) is 3.14. The maximum atomic E-state index is 13.7. The second kappa shape index (κ2) is 7.18. The second-order valence-electron chi connectivity index (χ2n) is 4.83. The van der Waals surface area contributed by atoms with Crippen LogP contribution in [0.25, 0.3) is 5.69 Å². The van der Waals surface area contributed by atoms with Crippen molar-refractivity contribution < 1.29 is 14.0 Å². The van der Waals surface area contributed by atoms with Crippen molar-refractivity contribution in [1.82, 2.24) is 31.1 Å². The van der Waals surface area contributed by atoms with E-state index in [0.29, 0.717) is 15.7 Å². The van der Waals surface area contributed by atoms with E-state index in [1.807, 2.05) is 0 Å². The Hall–Kier alpha value is -3.14. The molecule has 0 atom stereocenters. The number of hydrazine groups is 1. The van der Waals surface area contributed by atoms with E-state index in [-0.39, 0.29) is 5.56 Å². The zero-order valence-corrected chi connectivity index (χ0v) is 14.1. The second-order valence-corrected chi connectivity index (χ2v) is 5.75. The number of hydrogen-bond donors (Lipinski definition) is 2. The van der Waals surface area contributed by atoms with Gasteiger partial charge in [0.1, 0.15) is 12.1 Å². The summed E-state index contributed by atoms with van der Waals surface area (Å²) < 4.78 is 15.6. The minimum absolute atomic E-state index is 0.183. The molecular formula is C15H10BrFN6O2. The number of carbonyl (C=O) groups excluding carboxylic acids is 2. The predicted octanol–water partition coefficient (Wildman–Crippen LogP) is 1.64. The molecule has 3 rings (SSSR count). The van der Waals surface area contributed by atoms with Crippen LogP contribution in [0.2, 0.25) is 0 Å². The standard InChI is InChI=1S/C15H10BrFN6O2/c16-10-3-6-12(13(17)7-10)15(25)20-19-14(24)9-1-4-11(5-2-9)23-8-18-21-22-23/h1-8H,(H,19,24)(H,20,25). The summed E-state index contributed by atoms with van der Waals surface area (Å²) in [7, 11) is 0. The molecule has 0 radical (unpaired) electrons. The zero-order chi connectivity index (χ0) is 17.8. The molecule has 0 aliphatic carbocycles. The van der Waals surface area contributed by atoms with Crippen LogP contribution in [0.5, 0.6) is 0 Å². The Morgan fingerprint density at radius 3 is 2.40 bits per heavy atom. The third kappa shape index (κ3) is 3.86. The minimum atomic E-state index is -0.760. The van der Waals surface area contributed by atoms with Crippen LogP contribution in [-0.4, -0.2) is 32.0 Å². The lowest BCUT2D eigenvalue weighted by Crippen LogP contribution is -2.41. The van der Waals surface area contributed by atoms with Crippen LogP contribution in [0.15, 0.2) is 53.3 Å². The number of tetrazole rings is 1. The van der Waals surface area contributed by atoms with E-state index < -0.39 is 17.6 Å². The maximum Gasteiger partial charge on any atom is 0.272 e. The number of halogens is 2. The van der Waals surface area contributed by atoms with Gasteiger partial charge in [-0.15, -0.1) is 5.10 Å². The van der Waals surface area contributed by atoms with Crippen molar-refractivity contribution in [2.75, 3.05) is 0 Å². The summed E-state index contributed by atoms with van der Waals surface area (Å²) in [5.74, 6) is -2.01. The van der Waals surface area contributed by atoms with Gasteiger partial charge in [-0.3, -0.25) is 20.4 Å². The molecule has 0 bridgehead atoms. The van der Waals surface area contributed by atoms with E-state index in [2.05, 4.69) is 42.3 Å². The third-order valence-corrected chi connectivity index (χ3v) is 3.70. The van der Waals surface area contributed by atoms with Gasteiger partial charge in [-0.2, -0.15) is 0 Å². The van der Waals surface area contributed by atoms with E-state index in [1.165, 1.54) is 23.1 Å². The van der Waals surface area contributed by atoms with Gasteiger partial charge in [0.2, 0.25) is 0 Å². The topological polar surface area (TPSA) is 102 Å². The van der Waals surface area contributed by atoms with Crippen LogP contribution >= 0.6 is 15.9 Å². The molecule has 0 aliphatic rings. The number of aromatic nitrogens is 4. The Bertz CT molecular complexity index is 914. The van der Waals surface area contributed by atoms with Gasteiger partial charge in [-0.1, -0.05) is 15.9 Å². The molecule has 10 heteroatoms. The highest BCUT2D eigenvalue weighted by atomic mass is 79.9. The summed E-state index contributed by atoms with van der Waals surface area (Å²) in [6.45, 7) is 0. The van der Waals surface area contributed by atoms with Gasteiger partial charge in [-0.05, 0) is 52.9 Å². The third-order valence-electron chi connectivity index (χ3n) is 3.21. The Balaban J connectivity index is 1.63. The van der Waals surface area contributed by atoms with E-state index in [9.17, 15) is 14.0 Å². The van der Waals surface area contributed by atoms with Crippen LogP contribution in [-0.2, 0) is 0 Å². The first-order valence-electron chi connectivity index (χ1n) is 6.94. The van der Waals surface area contributed by atoms with Gasteiger partial charge in [0.15, 0.2) is 0 Å². The SMILES string of the molecule is O=C(NNC(=O)c1ccc(Br)cc1F)c1ccc(-n2cnnn2)cc1. The molecule has 25 heavy (non-hydrogen) atoms. The quantitative estimate of drug-likeness (QED) is 0.646. The van der Waals surface area contributed by atoms with E-state index in [1.54, 1.807) is 24.3 Å². The van der Waals surface area contributed by atoms with Crippen molar-refractivity contribution in [2.45, 2.75) is 0 Å². The van der Waals surface area contributed by atoms with Crippen LogP contribution in [0.4, 0.5) is 4.39 Å². The predicted molar refractivity (Wildman–Crippen MR) is 88.2 cm³/mol. The number of amides is 2. The largest absolute Gasteiger partial charge is 0.272 e. The summed E-state index contributed by atoms with van der Waals surface area (Å²) in [5.41, 5.74) is 5.18. The van der Waals surface area contributed by atoms with Crippen molar-refractivity contribution in [1.29, 1.82) is 0 Å². The lowest BCUT2D eigenvalue weighted by molar-refractivity contribution is 0.0844. The average molecular weight is 405 g/mol. The number of hydrogen-bond acceptors (Lipinski definition) is 5. The normalized spacial score (nSPS) is 10.3. The molecule has 1 aromatic heterocycles. The van der Waals surface area contributed by atoms with Crippen molar-refractivity contribution in [3.63, 3.8) is 0 Å². The van der Waals surface area contributed by atoms with Gasteiger partial charge in [0.05, 0.1) is 11.3 Å². The highest BCUT2D eigenvalue weighted by Gasteiger charge is 2.13. The fraction of sp³-hybridized carbons (Fsp3) is 0. The van der Waals surface area contributed by atoms with Crippen LogP contribution in [0.1, 0.15) is 20.7 Å². The molecule has 2 N–H and O–H groups in total. The van der Waals surface area contributed by atoms with Crippen LogP contribution in [0.3, 0.4) is 0 Å². The lowest BCUT2D eigenvalue weighted by Gasteiger charge is -2.08. The lowest BCUT2D eigenvalue weighted by atomic mass is 10.2. The van der Waals surface area contributed by atoms with Gasteiger partial charge >= 0.3 is 0 Å². The van der Waals surface area contributed by atoms with Gasteiger partial charge in [0, 0.05) is 10.0 Å². The molecule has 0 saturated carbocycles. The monoisotopic (exact) mass is 404 g/mol. The number of carbonyl (C=O) groups is 2. The molecule has 0 fully saturated rings. The first-order chi connectivity index (χ1) is 12.0. The number of nitrogens with zero attached hydrogens (tertiary/aromatic N) is 4. The number of nitrogens with one attached hydrogen (secondary N) is 2. The molecular weight excluding hydrogens is 395 g/mol. The fourth-order valence-electron chi connectivity index (χ4n) is 1.97. The smallest absolute Gasteiger partial charge is 0.267 e. The number of benzene rings is 2. The van der Waals surface area contributed by atoms with Crippen molar-refractivity contribution in [3.8, 4) is 5.69 Å². The molecule has 3 aromatic rings. The molecule has 126 valence electrons. The molecule has 1 heterocycles. The Morgan fingerprint density at radius 1 is 1.04 bits per heavy atom. The zero-order valence-electron chi connectivity index (χ0n) is 12.5. The minimum Gasteiger partial charge on any atom is -0.267 e. The fourth-order valence-corrected chi connectivity index (χ4v) is 2.30. The summed E-state index contributed by atoms with van der Waals surface area (Å²) in [4.78, 5) is 24.0. The maximum absolute atomic E-state index is 13.7. The van der Waals surface area contributed by atoms with Gasteiger partial charge in [-0.25, -0.2) is 9.07 Å². The molecule has 0 aliphatic heterocycles. The Morgan fingerprint density at radius 2 is 1.76 bits per heavy atom. The molecule has 2 aromatic carbocycles. The first kappa shape index (κ1) is 16.7. The molecule has 2 amide bonds. The van der Waals surface area contributed by atoms with E-state index in [0.717, 1.165) is 6.07 Å². The summed E-state index contributed by atoms with van der Waals surface area (Å²) in [6.07, 6.45) is 1.42. The van der Waals surface area contributed by atoms with Crippen molar-refractivity contribution in [3.05, 3.63) is 70.2 Å². The highest BCUT2D eigenvalue weighted by Crippen LogP contribution is 2.15. The van der Waals surface area contributed by atoms with Gasteiger partial charge < -0.3 is 0 Å². The molecule has 0 saturated heterocycles. The van der Waals surface area contributed by atoms with E-state index >= 15 is 0 Å². The number of rotatable bonds is 3. The van der Waals surface area contributed by atoms with E-state index in [4.69, 9.17) is 0 Å². The van der Waals surface area contributed by atoms with Crippen molar-refractivity contribution >= 4 is 27.7 Å². The van der Waals surface area contributed by atoms with Crippen LogP contribution < -0.4 is 10.9 Å². The first-order valence-corrected chi connectivity index (χ1v) is 7.73. The summed E-state index contributed by atoms with van der Waals surface area (Å²) >= 11 is 3.10. The molecule has 0 unspecified atom stereocenters. The van der Waals surface area contributed by atoms with Crippen molar-refractivity contribution in [2.24, 2.45) is 0 Å². The molecule has 8 nitrogen and oxygen atoms in total. The Kier molecular flexibility index (Phi) is 4.80.